The van der Waals surface area contributed by atoms with E-state index in [0.717, 1.165) is 6.92 Å². The van der Waals surface area contributed by atoms with Crippen molar-refractivity contribution in [2.24, 2.45) is 0 Å². The Morgan fingerprint density at radius 1 is 1.06 bits per heavy atom. The molecule has 0 saturated heterocycles. The van der Waals surface area contributed by atoms with E-state index in [0.29, 0.717) is 0 Å². The standard InChI is InChI=1S/C5H5F6.Na.H3O4P/c1-2-4(7,8)3(6)5(9,10)11;;1-5(2,3)4/h2H2,1H3;;(H3,1,2,3,4). The summed E-state index contributed by atoms with van der Waals surface area (Å²) in [6.07, 6.45) is -6.62. The van der Waals surface area contributed by atoms with Crippen LogP contribution in [0.1, 0.15) is 13.3 Å². The molecule has 12 heteroatoms. The fourth-order valence-corrected chi connectivity index (χ4v) is 0.893. The molecule has 3 N–H and O–H groups in total. The van der Waals surface area contributed by atoms with E-state index >= 15 is 0 Å². The van der Waals surface area contributed by atoms with Crippen LogP contribution in [0.5, 0.6) is 0 Å². The first kappa shape index (κ1) is 20.0. The van der Waals surface area contributed by atoms with Crippen molar-refractivity contribution in [3.63, 3.8) is 0 Å². The Morgan fingerprint density at radius 2 is 1.29 bits per heavy atom. The largest absolute Gasteiger partial charge is 0.466 e. The van der Waals surface area contributed by atoms with E-state index in [2.05, 4.69) is 0 Å². The molecular formula is C5H8F6NaO4P. The van der Waals surface area contributed by atoms with Gasteiger partial charge in [0.2, 0.25) is 0 Å². The molecule has 0 aliphatic heterocycles. The molecular weight excluding hydrogens is 292 g/mol. The van der Waals surface area contributed by atoms with Gasteiger partial charge in [0.15, 0.2) is 0 Å². The smallest absolute Gasteiger partial charge is 0.303 e. The van der Waals surface area contributed by atoms with Crippen LogP contribution in [0.3, 0.4) is 0 Å². The van der Waals surface area contributed by atoms with Gasteiger partial charge in [-0.3, -0.25) is 0 Å². The molecule has 0 aliphatic rings. The SMILES string of the molecule is CCC(F)(F)[C](F)([Na])C(F)(F)F.O=P(O)(O)O. The number of hydrogen-bond donors (Lipinski definition) is 3. The fraction of sp³-hybridized carbons (Fsp3) is 1.00. The molecule has 1 unspecified atom stereocenters. The normalized spacial score (nSPS) is 16.9. The molecule has 0 saturated carbocycles. The van der Waals surface area contributed by atoms with E-state index in [1.165, 1.54) is 0 Å². The van der Waals surface area contributed by atoms with Crippen molar-refractivity contribution in [3.8, 4) is 0 Å². The number of alkyl halides is 6. The molecule has 0 bridgehead atoms. The first-order valence-electron chi connectivity index (χ1n) is 3.98. The van der Waals surface area contributed by atoms with Crippen LogP contribution in [0.25, 0.3) is 0 Å². The van der Waals surface area contributed by atoms with Gasteiger partial charge in [-0.05, 0) is 0 Å². The summed E-state index contributed by atoms with van der Waals surface area (Å²) < 4.78 is 77.0. The first-order chi connectivity index (χ1) is 7.06. The van der Waals surface area contributed by atoms with Crippen molar-refractivity contribution in [3.05, 3.63) is 0 Å². The average molecular weight is 300 g/mol. The van der Waals surface area contributed by atoms with Crippen LogP contribution in [0.15, 0.2) is 0 Å². The predicted molar refractivity (Wildman–Crippen MR) is 45.1 cm³/mol. The molecule has 0 rings (SSSR count). The van der Waals surface area contributed by atoms with Crippen molar-refractivity contribution >= 4 is 35.8 Å². The third kappa shape index (κ3) is 7.66. The number of halogens is 6. The molecule has 4 nitrogen and oxygen atoms in total. The van der Waals surface area contributed by atoms with Gasteiger partial charge in [-0.15, -0.1) is 0 Å². The van der Waals surface area contributed by atoms with Crippen LogP contribution in [0, 0.1) is 0 Å². The zero-order valence-electron chi connectivity index (χ0n) is 8.67. The van der Waals surface area contributed by atoms with Gasteiger partial charge in [0.05, 0.1) is 0 Å². The Bertz CT molecular complexity index is 278. The quantitative estimate of drug-likeness (QED) is 0.410. The first-order valence-corrected chi connectivity index (χ1v) is 6.54. The van der Waals surface area contributed by atoms with Crippen molar-refractivity contribution in [2.45, 2.75) is 28.4 Å². The van der Waals surface area contributed by atoms with Crippen LogP contribution >= 0.6 is 7.82 Å². The van der Waals surface area contributed by atoms with Gasteiger partial charge in [0.1, 0.15) is 0 Å². The Balaban J connectivity index is 0. The zero-order valence-corrected chi connectivity index (χ0v) is 11.6. The number of hydrogen-bond acceptors (Lipinski definition) is 1. The Kier molecular flexibility index (Phi) is 7.33. The summed E-state index contributed by atoms with van der Waals surface area (Å²) in [5.41, 5.74) is 0. The molecule has 0 aromatic heterocycles. The summed E-state index contributed by atoms with van der Waals surface area (Å²) in [6.45, 7) is 0.817. The van der Waals surface area contributed by atoms with E-state index in [1.807, 2.05) is 0 Å². The maximum atomic E-state index is 12.6. The third-order valence-corrected chi connectivity index (χ3v) is 2.96. The second-order valence-corrected chi connectivity index (χ2v) is 5.48. The zero-order chi connectivity index (χ0) is 14.7. The molecule has 0 aromatic rings. The molecule has 17 heavy (non-hydrogen) atoms. The van der Waals surface area contributed by atoms with Crippen molar-refractivity contribution < 1.29 is 45.6 Å². The van der Waals surface area contributed by atoms with E-state index < -0.39 is 57.2 Å². The Morgan fingerprint density at radius 3 is 1.35 bits per heavy atom. The van der Waals surface area contributed by atoms with E-state index in [4.69, 9.17) is 19.2 Å². The van der Waals surface area contributed by atoms with Crippen LogP contribution < -0.4 is 0 Å². The van der Waals surface area contributed by atoms with Gasteiger partial charge in [0.25, 0.3) is 0 Å². The van der Waals surface area contributed by atoms with Gasteiger partial charge >= 0.3 is 90.5 Å². The monoisotopic (exact) mass is 300 g/mol. The van der Waals surface area contributed by atoms with Crippen LogP contribution in [0.4, 0.5) is 26.3 Å². The predicted octanol–water partition coefficient (Wildman–Crippen LogP) is 1.50. The summed E-state index contributed by atoms with van der Waals surface area (Å²) in [4.78, 5) is 21.6. The topological polar surface area (TPSA) is 77.8 Å². The van der Waals surface area contributed by atoms with Crippen LogP contribution in [-0.4, -0.2) is 57.6 Å². The second kappa shape index (κ2) is 6.23. The maximum Gasteiger partial charge on any atom is 0.466 e. The van der Waals surface area contributed by atoms with Gasteiger partial charge in [-0.2, -0.15) is 0 Å². The average Bonchev–Trinajstić information content (AvgIpc) is 1.98. The fourth-order valence-electron chi connectivity index (χ4n) is 0.539. The van der Waals surface area contributed by atoms with Crippen molar-refractivity contribution in [1.29, 1.82) is 0 Å². The number of rotatable bonds is 2. The molecule has 0 fully saturated rings. The van der Waals surface area contributed by atoms with Crippen molar-refractivity contribution in [2.75, 3.05) is 0 Å². The summed E-state index contributed by atoms with van der Waals surface area (Å²) in [7, 11) is -4.64. The summed E-state index contributed by atoms with van der Waals surface area (Å²) >= 11 is -1.27. The minimum Gasteiger partial charge on any atom is -0.303 e. The molecule has 0 amide bonds. The van der Waals surface area contributed by atoms with E-state index in [1.54, 1.807) is 0 Å². The Labute approximate surface area is 110 Å². The molecule has 0 spiro atoms. The Hall–Kier alpha value is 0.690. The molecule has 1 atom stereocenters. The van der Waals surface area contributed by atoms with Gasteiger partial charge in [0, 0.05) is 0 Å². The minimum atomic E-state index is -5.47. The second-order valence-electron chi connectivity index (χ2n) is 3.07. The van der Waals surface area contributed by atoms with E-state index in [9.17, 15) is 26.3 Å². The van der Waals surface area contributed by atoms with Crippen molar-refractivity contribution in [1.82, 2.24) is 0 Å². The third-order valence-electron chi connectivity index (χ3n) is 1.66. The summed E-state index contributed by atoms with van der Waals surface area (Å²) in [5.74, 6) is -4.31. The molecule has 0 aliphatic carbocycles. The van der Waals surface area contributed by atoms with Crippen LogP contribution in [0.2, 0.25) is 0 Å². The summed E-state index contributed by atoms with van der Waals surface area (Å²) in [6, 6.07) is 0. The number of phosphoric acid groups is 1. The molecule has 100 valence electrons. The van der Waals surface area contributed by atoms with Gasteiger partial charge < -0.3 is 14.7 Å². The van der Waals surface area contributed by atoms with Crippen LogP contribution in [-0.2, 0) is 4.57 Å². The molecule has 0 radical (unpaired) electrons. The minimum absolute atomic E-state index is 0.817. The van der Waals surface area contributed by atoms with Gasteiger partial charge in [-0.1, -0.05) is 0 Å². The van der Waals surface area contributed by atoms with E-state index in [-0.39, 0.29) is 0 Å². The maximum absolute atomic E-state index is 12.6. The molecule has 0 heterocycles. The van der Waals surface area contributed by atoms with Gasteiger partial charge in [-0.25, -0.2) is 4.57 Å². The summed E-state index contributed by atoms with van der Waals surface area (Å²) in [5, 5.41) is 0. The molecule has 0 aromatic carbocycles.